The first-order valence-electron chi connectivity index (χ1n) is 12.4. The number of aromatic nitrogens is 1. The minimum Gasteiger partial charge on any atom is -0.302 e. The Balaban J connectivity index is 1.59. The van der Waals surface area contributed by atoms with E-state index >= 15 is 0 Å². The van der Waals surface area contributed by atoms with E-state index in [0.717, 1.165) is 18.7 Å². The van der Waals surface area contributed by atoms with Gasteiger partial charge in [-0.2, -0.15) is 4.31 Å². The molecule has 0 spiro atoms. The maximum absolute atomic E-state index is 13.8. The Morgan fingerprint density at radius 1 is 0.947 bits per heavy atom. The van der Waals surface area contributed by atoms with Crippen molar-refractivity contribution in [2.45, 2.75) is 25.3 Å². The molecule has 0 saturated carbocycles. The molecule has 0 N–H and O–H groups in total. The standard InChI is InChI=1S/C28H31FN4O3S2/c1-4-32(5-2)17-18-33(28-30-25-16-13-23(29)19-26(25)37-28)27(34)22-11-14-24(15-12-22)38(35,36)31(3)20-21-9-7-6-8-10-21/h6-16,19H,4-5,17-18,20H2,1-3H3. The van der Waals surface area contributed by atoms with Gasteiger partial charge in [-0.15, -0.1) is 0 Å². The van der Waals surface area contributed by atoms with Gasteiger partial charge in [0.1, 0.15) is 5.82 Å². The number of hydrogen-bond donors (Lipinski definition) is 0. The molecule has 38 heavy (non-hydrogen) atoms. The Hall–Kier alpha value is -3.18. The molecule has 4 rings (SSSR count). The molecule has 200 valence electrons. The lowest BCUT2D eigenvalue weighted by Crippen LogP contribution is -2.38. The van der Waals surface area contributed by atoms with Crippen molar-refractivity contribution < 1.29 is 17.6 Å². The van der Waals surface area contributed by atoms with Crippen molar-refractivity contribution in [2.24, 2.45) is 0 Å². The summed E-state index contributed by atoms with van der Waals surface area (Å²) in [5.41, 5.74) is 1.85. The summed E-state index contributed by atoms with van der Waals surface area (Å²) in [7, 11) is -2.21. The van der Waals surface area contributed by atoms with Crippen LogP contribution in [0.25, 0.3) is 10.2 Å². The molecule has 0 unspecified atom stereocenters. The number of carbonyl (C=O) groups is 1. The molecule has 0 saturated heterocycles. The van der Waals surface area contributed by atoms with Gasteiger partial charge in [-0.3, -0.25) is 9.69 Å². The van der Waals surface area contributed by atoms with Crippen LogP contribution in [0.2, 0.25) is 0 Å². The molecule has 4 aromatic rings. The van der Waals surface area contributed by atoms with Gasteiger partial charge >= 0.3 is 0 Å². The van der Waals surface area contributed by atoms with Crippen molar-refractivity contribution >= 4 is 42.6 Å². The Morgan fingerprint density at radius 2 is 1.63 bits per heavy atom. The maximum Gasteiger partial charge on any atom is 0.260 e. The maximum atomic E-state index is 13.8. The first kappa shape index (κ1) is 27.8. The van der Waals surface area contributed by atoms with Crippen LogP contribution in [0.4, 0.5) is 9.52 Å². The molecule has 0 bridgehead atoms. The molecule has 0 aliphatic rings. The zero-order valence-corrected chi connectivity index (χ0v) is 23.3. The van der Waals surface area contributed by atoms with Crippen LogP contribution in [0.1, 0.15) is 29.8 Å². The Morgan fingerprint density at radius 3 is 2.29 bits per heavy atom. The predicted octanol–water partition coefficient (Wildman–Crippen LogP) is 5.24. The molecular weight excluding hydrogens is 523 g/mol. The normalized spacial score (nSPS) is 11.9. The van der Waals surface area contributed by atoms with Crippen molar-refractivity contribution in [3.63, 3.8) is 0 Å². The zero-order valence-electron chi connectivity index (χ0n) is 21.7. The van der Waals surface area contributed by atoms with Gasteiger partial charge in [-0.1, -0.05) is 55.5 Å². The van der Waals surface area contributed by atoms with Gasteiger partial charge < -0.3 is 4.90 Å². The number of amides is 1. The predicted molar refractivity (Wildman–Crippen MR) is 151 cm³/mol. The summed E-state index contributed by atoms with van der Waals surface area (Å²) >= 11 is 1.25. The minimum absolute atomic E-state index is 0.109. The third-order valence-corrected chi connectivity index (χ3v) is 9.27. The average molecular weight is 555 g/mol. The van der Waals surface area contributed by atoms with Gasteiger partial charge in [0.2, 0.25) is 10.0 Å². The second-order valence-corrected chi connectivity index (χ2v) is 11.9. The molecule has 0 aliphatic heterocycles. The summed E-state index contributed by atoms with van der Waals surface area (Å²) in [4.78, 5) is 22.1. The number of hydrogen-bond acceptors (Lipinski definition) is 6. The van der Waals surface area contributed by atoms with Gasteiger partial charge in [-0.05, 0) is 61.1 Å². The summed E-state index contributed by atoms with van der Waals surface area (Å²) in [6.45, 7) is 7.07. The number of sulfonamides is 1. The topological polar surface area (TPSA) is 73.8 Å². The number of carbonyl (C=O) groups excluding carboxylic acids is 1. The fourth-order valence-electron chi connectivity index (χ4n) is 4.10. The lowest BCUT2D eigenvalue weighted by atomic mass is 10.2. The van der Waals surface area contributed by atoms with Gasteiger partial charge in [0.15, 0.2) is 5.13 Å². The van der Waals surface area contributed by atoms with Crippen molar-refractivity contribution in [3.8, 4) is 0 Å². The second-order valence-electron chi connectivity index (χ2n) is 8.86. The quantitative estimate of drug-likeness (QED) is 0.253. The summed E-state index contributed by atoms with van der Waals surface area (Å²) < 4.78 is 42.0. The van der Waals surface area contributed by atoms with Crippen molar-refractivity contribution in [1.29, 1.82) is 0 Å². The fourth-order valence-corrected chi connectivity index (χ4v) is 6.27. The number of likely N-dealkylation sites (N-methyl/N-ethyl adjacent to an activating group) is 1. The van der Waals surface area contributed by atoms with Gasteiger partial charge in [0.25, 0.3) is 5.91 Å². The second kappa shape index (κ2) is 12.1. The van der Waals surface area contributed by atoms with Crippen LogP contribution in [0.3, 0.4) is 0 Å². The van der Waals surface area contributed by atoms with E-state index < -0.39 is 10.0 Å². The first-order chi connectivity index (χ1) is 18.2. The minimum atomic E-state index is -3.75. The van der Waals surface area contributed by atoms with Crippen LogP contribution >= 0.6 is 11.3 Å². The van der Waals surface area contributed by atoms with Gasteiger partial charge in [0, 0.05) is 32.2 Å². The Kier molecular flexibility index (Phi) is 8.88. The molecule has 1 aromatic heterocycles. The summed E-state index contributed by atoms with van der Waals surface area (Å²) in [5.74, 6) is -0.652. The molecule has 1 amide bonds. The molecule has 0 fully saturated rings. The van der Waals surface area contributed by atoms with Crippen molar-refractivity contribution in [2.75, 3.05) is 38.1 Å². The molecule has 0 aliphatic carbocycles. The lowest BCUT2D eigenvalue weighted by molar-refractivity contribution is 0.0983. The molecule has 0 radical (unpaired) electrons. The van der Waals surface area contributed by atoms with Crippen molar-refractivity contribution in [3.05, 3.63) is 89.7 Å². The SMILES string of the molecule is CCN(CC)CCN(C(=O)c1ccc(S(=O)(=O)N(C)Cc2ccccc2)cc1)c1nc2ccc(F)cc2s1. The number of fused-ring (bicyclic) bond motifs is 1. The number of benzene rings is 3. The van der Waals surface area contributed by atoms with Crippen LogP contribution < -0.4 is 4.90 Å². The van der Waals surface area contributed by atoms with Gasteiger partial charge in [0.05, 0.1) is 15.1 Å². The molecule has 7 nitrogen and oxygen atoms in total. The highest BCUT2D eigenvalue weighted by Crippen LogP contribution is 2.30. The van der Waals surface area contributed by atoms with E-state index in [1.807, 2.05) is 30.3 Å². The number of anilines is 1. The van der Waals surface area contributed by atoms with Crippen LogP contribution in [-0.2, 0) is 16.6 Å². The van der Waals surface area contributed by atoms with E-state index in [-0.39, 0.29) is 23.2 Å². The first-order valence-corrected chi connectivity index (χ1v) is 14.7. The number of halogens is 1. The van der Waals surface area contributed by atoms with Gasteiger partial charge in [-0.25, -0.2) is 17.8 Å². The number of nitrogens with zero attached hydrogens (tertiary/aromatic N) is 4. The molecule has 10 heteroatoms. The molecule has 3 aromatic carbocycles. The number of rotatable bonds is 11. The number of thiazole rings is 1. The third-order valence-electron chi connectivity index (χ3n) is 6.41. The van der Waals surface area contributed by atoms with E-state index in [0.29, 0.717) is 34.0 Å². The largest absolute Gasteiger partial charge is 0.302 e. The van der Waals surface area contributed by atoms with E-state index in [1.54, 1.807) is 11.0 Å². The van der Waals surface area contributed by atoms with E-state index in [2.05, 4.69) is 23.7 Å². The highest BCUT2D eigenvalue weighted by Gasteiger charge is 2.25. The molecule has 1 heterocycles. The summed E-state index contributed by atoms with van der Waals surface area (Å²) in [6, 6.07) is 19.7. The van der Waals surface area contributed by atoms with Crippen LogP contribution in [0.15, 0.2) is 77.7 Å². The summed E-state index contributed by atoms with van der Waals surface area (Å²) in [6.07, 6.45) is 0. The van der Waals surface area contributed by atoms with Crippen LogP contribution in [0.5, 0.6) is 0 Å². The van der Waals surface area contributed by atoms with Crippen LogP contribution in [-0.4, -0.2) is 61.7 Å². The van der Waals surface area contributed by atoms with E-state index in [9.17, 15) is 17.6 Å². The Labute approximate surface area is 227 Å². The monoisotopic (exact) mass is 554 g/mol. The van der Waals surface area contributed by atoms with E-state index in [1.165, 1.54) is 59.1 Å². The van der Waals surface area contributed by atoms with Crippen LogP contribution in [0, 0.1) is 5.82 Å². The Bertz CT molecular complexity index is 1490. The summed E-state index contributed by atoms with van der Waals surface area (Å²) in [5, 5.41) is 0.474. The zero-order chi connectivity index (χ0) is 27.3. The third kappa shape index (κ3) is 6.27. The van der Waals surface area contributed by atoms with E-state index in [4.69, 9.17) is 0 Å². The smallest absolute Gasteiger partial charge is 0.260 e. The molecular formula is C28H31FN4O3S2. The lowest BCUT2D eigenvalue weighted by Gasteiger charge is -2.25. The molecule has 0 atom stereocenters. The fraction of sp³-hybridized carbons (Fsp3) is 0.286. The highest BCUT2D eigenvalue weighted by atomic mass is 32.2. The highest BCUT2D eigenvalue weighted by molar-refractivity contribution is 7.89. The average Bonchev–Trinajstić information content (AvgIpc) is 3.34. The van der Waals surface area contributed by atoms with Crippen molar-refractivity contribution in [1.82, 2.24) is 14.2 Å².